The maximum atomic E-state index is 12.8. The summed E-state index contributed by atoms with van der Waals surface area (Å²) in [7, 11) is -2.53. The highest BCUT2D eigenvalue weighted by atomic mass is 32.2. The molecule has 2 bridgehead atoms. The quantitative estimate of drug-likeness (QED) is 0.482. The Morgan fingerprint density at radius 2 is 1.81 bits per heavy atom. The largest absolute Gasteiger partial charge is 0.497 e. The van der Waals surface area contributed by atoms with E-state index in [1.807, 2.05) is 24.3 Å². The van der Waals surface area contributed by atoms with Crippen molar-refractivity contribution in [2.24, 2.45) is 11.8 Å². The lowest BCUT2D eigenvalue weighted by atomic mass is 9.91. The fourth-order valence-electron chi connectivity index (χ4n) is 4.15. The van der Waals surface area contributed by atoms with Crippen LogP contribution < -0.4 is 4.74 Å². The summed E-state index contributed by atoms with van der Waals surface area (Å²) in [6.45, 7) is 0.386. The summed E-state index contributed by atoms with van der Waals surface area (Å²) < 4.78 is 47.3. The average molecular weight is 448 g/mol. The van der Waals surface area contributed by atoms with Gasteiger partial charge in [-0.1, -0.05) is 30.3 Å². The number of hydrogen-bond donors (Lipinski definition) is 1. The first-order chi connectivity index (χ1) is 14.9. The van der Waals surface area contributed by atoms with Crippen LogP contribution >= 0.6 is 0 Å². The van der Waals surface area contributed by atoms with Gasteiger partial charge in [0.05, 0.1) is 37.7 Å². The third-order valence-corrected chi connectivity index (χ3v) is 7.07. The van der Waals surface area contributed by atoms with Crippen LogP contribution in [0, 0.1) is 11.8 Å². The normalized spacial score (nSPS) is 27.7. The van der Waals surface area contributed by atoms with Crippen LogP contribution in [0.1, 0.15) is 12.0 Å². The minimum atomic E-state index is -4.11. The van der Waals surface area contributed by atoms with Gasteiger partial charge in [0, 0.05) is 11.8 Å². The van der Waals surface area contributed by atoms with Gasteiger partial charge in [0.2, 0.25) is 0 Å². The first kappa shape index (κ1) is 21.8. The van der Waals surface area contributed by atoms with Gasteiger partial charge in [0.15, 0.2) is 6.10 Å². The SMILES string of the molecule is COc1ccc(COC[C@@H]2[C@H]3CC(=O)OC([C@H]3O)[C@@H]2OS(=O)(=O)c2ccccc2)cc1. The van der Waals surface area contributed by atoms with Gasteiger partial charge in [-0.3, -0.25) is 8.98 Å². The van der Waals surface area contributed by atoms with Crippen LogP contribution in [-0.4, -0.2) is 51.5 Å². The van der Waals surface area contributed by atoms with Crippen molar-refractivity contribution < 1.29 is 36.7 Å². The molecule has 0 amide bonds. The van der Waals surface area contributed by atoms with Crippen molar-refractivity contribution in [1.82, 2.24) is 0 Å². The molecule has 2 aromatic rings. The Bertz CT molecular complexity index is 1010. The summed E-state index contributed by atoms with van der Waals surface area (Å²) in [5, 5.41) is 10.6. The molecule has 2 aliphatic rings. The summed E-state index contributed by atoms with van der Waals surface area (Å²) in [6.07, 6.45) is -3.12. The molecule has 4 rings (SSSR count). The standard InChI is InChI=1S/C22H24O8S/c1-27-15-9-7-14(8-10-15)12-28-13-18-17-11-19(23)29-22(20(17)24)21(18)30-31(25,26)16-5-3-2-4-6-16/h2-10,17-18,20-22,24H,11-13H2,1H3/t17-,18-,20+,21-,22?/m1/s1. The minimum Gasteiger partial charge on any atom is -0.497 e. The summed E-state index contributed by atoms with van der Waals surface area (Å²) in [5.41, 5.74) is 0.906. The maximum absolute atomic E-state index is 12.8. The van der Waals surface area contributed by atoms with Crippen LogP contribution in [0.5, 0.6) is 5.75 Å². The van der Waals surface area contributed by atoms with Crippen LogP contribution in [0.4, 0.5) is 0 Å². The smallest absolute Gasteiger partial charge is 0.306 e. The minimum absolute atomic E-state index is 0.00448. The summed E-state index contributed by atoms with van der Waals surface area (Å²) in [5.74, 6) is -0.781. The van der Waals surface area contributed by atoms with E-state index in [1.54, 1.807) is 25.3 Å². The number of carbonyl (C=O) groups is 1. The number of aliphatic hydroxyl groups is 1. The molecule has 2 fully saturated rings. The number of hydrogen-bond acceptors (Lipinski definition) is 8. The van der Waals surface area contributed by atoms with Crippen molar-refractivity contribution >= 4 is 16.1 Å². The van der Waals surface area contributed by atoms with E-state index < -0.39 is 46.2 Å². The van der Waals surface area contributed by atoms with Gasteiger partial charge in [-0.15, -0.1) is 0 Å². The van der Waals surface area contributed by atoms with Gasteiger partial charge in [-0.2, -0.15) is 8.42 Å². The first-order valence-electron chi connectivity index (χ1n) is 9.95. The second-order valence-corrected chi connectivity index (χ2v) is 9.24. The lowest BCUT2D eigenvalue weighted by Crippen LogP contribution is -2.41. The molecule has 1 N–H and O–H groups in total. The van der Waals surface area contributed by atoms with Gasteiger partial charge in [-0.05, 0) is 29.8 Å². The highest BCUT2D eigenvalue weighted by molar-refractivity contribution is 7.86. The molecule has 1 aliphatic carbocycles. The van der Waals surface area contributed by atoms with Gasteiger partial charge < -0.3 is 19.3 Å². The Labute approximate surface area is 180 Å². The lowest BCUT2D eigenvalue weighted by Gasteiger charge is -2.26. The summed E-state index contributed by atoms with van der Waals surface area (Å²) in [6, 6.07) is 15.1. The van der Waals surface area contributed by atoms with E-state index in [1.165, 1.54) is 12.1 Å². The first-order valence-corrected chi connectivity index (χ1v) is 11.4. The molecular weight excluding hydrogens is 424 g/mol. The third-order valence-electron chi connectivity index (χ3n) is 5.75. The van der Waals surface area contributed by atoms with E-state index in [2.05, 4.69) is 0 Å². The zero-order valence-electron chi connectivity index (χ0n) is 16.9. The third kappa shape index (κ3) is 4.59. The highest BCUT2D eigenvalue weighted by Crippen LogP contribution is 2.43. The predicted octanol–water partition coefficient (Wildman–Crippen LogP) is 1.91. The molecule has 0 spiro atoms. The van der Waals surface area contributed by atoms with Crippen LogP contribution in [0.15, 0.2) is 59.5 Å². The van der Waals surface area contributed by atoms with Crippen molar-refractivity contribution in [3.05, 3.63) is 60.2 Å². The highest BCUT2D eigenvalue weighted by Gasteiger charge is 2.58. The van der Waals surface area contributed by atoms with E-state index in [9.17, 15) is 18.3 Å². The molecule has 166 valence electrons. The second kappa shape index (κ2) is 8.96. The Morgan fingerprint density at radius 3 is 2.48 bits per heavy atom. The number of ether oxygens (including phenoxy) is 3. The topological polar surface area (TPSA) is 108 Å². The molecule has 9 heteroatoms. The number of rotatable bonds is 8. The number of fused-ring (bicyclic) bond motifs is 2. The zero-order chi connectivity index (χ0) is 22.0. The van der Waals surface area contributed by atoms with Crippen molar-refractivity contribution in [3.8, 4) is 5.75 Å². The van der Waals surface area contributed by atoms with E-state index in [0.717, 1.165) is 11.3 Å². The fourth-order valence-corrected chi connectivity index (χ4v) is 5.29. The monoisotopic (exact) mass is 448 g/mol. The van der Waals surface area contributed by atoms with Crippen LogP contribution in [-0.2, 0) is 35.2 Å². The van der Waals surface area contributed by atoms with Crippen LogP contribution in [0.2, 0.25) is 0 Å². The Hall–Kier alpha value is -2.46. The van der Waals surface area contributed by atoms with Crippen LogP contribution in [0.3, 0.4) is 0 Å². The van der Waals surface area contributed by atoms with E-state index in [-0.39, 0.29) is 24.5 Å². The number of methoxy groups -OCH3 is 1. The molecule has 0 radical (unpaired) electrons. The molecule has 8 nitrogen and oxygen atoms in total. The van der Waals surface area contributed by atoms with Gasteiger partial charge in [-0.25, -0.2) is 0 Å². The number of carbonyl (C=O) groups excluding carboxylic acids is 1. The fraction of sp³-hybridized carbons (Fsp3) is 0.409. The molecule has 1 saturated heterocycles. The average Bonchev–Trinajstić information content (AvgIpc) is 2.91. The van der Waals surface area contributed by atoms with E-state index in [4.69, 9.17) is 18.4 Å². The van der Waals surface area contributed by atoms with E-state index in [0.29, 0.717) is 0 Å². The number of aliphatic hydroxyl groups excluding tert-OH is 1. The van der Waals surface area contributed by atoms with Crippen LogP contribution in [0.25, 0.3) is 0 Å². The van der Waals surface area contributed by atoms with Gasteiger partial charge in [0.1, 0.15) is 11.9 Å². The van der Waals surface area contributed by atoms with Crippen molar-refractivity contribution in [3.63, 3.8) is 0 Å². The predicted molar refractivity (Wildman–Crippen MR) is 109 cm³/mol. The molecule has 2 aromatic carbocycles. The van der Waals surface area contributed by atoms with Crippen molar-refractivity contribution in [2.45, 2.75) is 36.2 Å². The summed E-state index contributed by atoms with van der Waals surface area (Å²) in [4.78, 5) is 12.0. The molecule has 5 atom stereocenters. The molecule has 1 unspecified atom stereocenters. The molecule has 1 heterocycles. The molecule has 1 saturated carbocycles. The van der Waals surface area contributed by atoms with Gasteiger partial charge in [0.25, 0.3) is 10.1 Å². The Kier molecular flexibility index (Phi) is 6.29. The van der Waals surface area contributed by atoms with E-state index >= 15 is 0 Å². The number of benzene rings is 2. The van der Waals surface area contributed by atoms with Gasteiger partial charge >= 0.3 is 5.97 Å². The summed E-state index contributed by atoms with van der Waals surface area (Å²) >= 11 is 0. The molecule has 1 aliphatic heterocycles. The molecule has 31 heavy (non-hydrogen) atoms. The Balaban J connectivity index is 1.49. The maximum Gasteiger partial charge on any atom is 0.306 e. The van der Waals surface area contributed by atoms with Crippen molar-refractivity contribution in [2.75, 3.05) is 13.7 Å². The zero-order valence-corrected chi connectivity index (χ0v) is 17.7. The molecular formula is C22H24O8S. The van der Waals surface area contributed by atoms with Crippen molar-refractivity contribution in [1.29, 1.82) is 0 Å². The number of esters is 1. The second-order valence-electron chi connectivity index (χ2n) is 7.67. The lowest BCUT2D eigenvalue weighted by molar-refractivity contribution is -0.167. The Morgan fingerprint density at radius 1 is 1.10 bits per heavy atom. The molecule has 0 aromatic heterocycles.